The van der Waals surface area contributed by atoms with Crippen molar-refractivity contribution in [3.63, 3.8) is 0 Å². The Balaban J connectivity index is 1.31. The second-order valence-corrected chi connectivity index (χ2v) is 8.46. The van der Waals surface area contributed by atoms with Crippen LogP contribution in [-0.4, -0.2) is 41.2 Å². The number of aliphatic imine (C=N–C) groups is 1. The maximum Gasteiger partial charge on any atom is 0.193 e. The molecule has 1 fully saturated rings. The summed E-state index contributed by atoms with van der Waals surface area (Å²) in [5, 5.41) is 14.2. The molecule has 2 aromatic carbocycles. The molecule has 0 aromatic heterocycles. The van der Waals surface area contributed by atoms with Gasteiger partial charge in [0.25, 0.3) is 0 Å². The number of aryl methyl sites for hydroxylation is 1. The van der Waals surface area contributed by atoms with Gasteiger partial charge in [-0.3, -0.25) is 9.89 Å². The average Bonchev–Trinajstić information content (AvgIpc) is 2.75. The number of nitrogens with two attached hydrogens (primary N) is 1. The van der Waals surface area contributed by atoms with Crippen molar-refractivity contribution in [1.82, 2.24) is 4.90 Å². The second kappa shape index (κ2) is 8.97. The van der Waals surface area contributed by atoms with Crippen molar-refractivity contribution in [3.8, 4) is 0 Å². The van der Waals surface area contributed by atoms with E-state index in [2.05, 4.69) is 57.7 Å². The van der Waals surface area contributed by atoms with Crippen LogP contribution in [0.2, 0.25) is 0 Å². The van der Waals surface area contributed by atoms with E-state index in [9.17, 15) is 5.11 Å². The SMILES string of the molecule is NC(=NCC1(O)CCN(Cc2ccccc2)CC1)Nc1cccc2c1CCCC2. The van der Waals surface area contributed by atoms with Crippen LogP contribution >= 0.6 is 0 Å². The van der Waals surface area contributed by atoms with Gasteiger partial charge in [-0.1, -0.05) is 42.5 Å². The van der Waals surface area contributed by atoms with Gasteiger partial charge in [0.05, 0.1) is 12.1 Å². The molecular weight excluding hydrogens is 360 g/mol. The van der Waals surface area contributed by atoms with E-state index >= 15 is 0 Å². The number of nitrogens with zero attached hydrogens (tertiary/aromatic N) is 2. The third-order valence-electron chi connectivity index (χ3n) is 6.24. The minimum atomic E-state index is -0.768. The third-order valence-corrected chi connectivity index (χ3v) is 6.24. The largest absolute Gasteiger partial charge is 0.388 e. The molecule has 1 heterocycles. The van der Waals surface area contributed by atoms with Gasteiger partial charge in [0.2, 0.25) is 0 Å². The lowest BCUT2D eigenvalue weighted by atomic mass is 9.90. The van der Waals surface area contributed by atoms with Crippen molar-refractivity contribution >= 4 is 11.6 Å². The monoisotopic (exact) mass is 392 g/mol. The topological polar surface area (TPSA) is 73.9 Å². The van der Waals surface area contributed by atoms with Crippen molar-refractivity contribution in [2.24, 2.45) is 10.7 Å². The number of nitrogens with one attached hydrogen (secondary N) is 1. The zero-order valence-corrected chi connectivity index (χ0v) is 17.1. The van der Waals surface area contributed by atoms with Crippen molar-refractivity contribution < 1.29 is 5.11 Å². The molecule has 0 atom stereocenters. The number of hydrogen-bond acceptors (Lipinski definition) is 3. The number of anilines is 1. The Morgan fingerprint density at radius 2 is 1.79 bits per heavy atom. The van der Waals surface area contributed by atoms with Crippen molar-refractivity contribution in [2.75, 3.05) is 25.0 Å². The van der Waals surface area contributed by atoms with Crippen LogP contribution in [0, 0.1) is 0 Å². The maximum absolute atomic E-state index is 10.9. The molecule has 1 aliphatic carbocycles. The van der Waals surface area contributed by atoms with Gasteiger partial charge in [-0.05, 0) is 61.3 Å². The van der Waals surface area contributed by atoms with Crippen molar-refractivity contribution in [2.45, 2.75) is 50.7 Å². The Hall–Kier alpha value is -2.37. The van der Waals surface area contributed by atoms with Gasteiger partial charge in [0.15, 0.2) is 5.96 Å². The highest BCUT2D eigenvalue weighted by Gasteiger charge is 2.32. The molecule has 0 bridgehead atoms. The lowest BCUT2D eigenvalue weighted by molar-refractivity contribution is -0.0149. The predicted octanol–water partition coefficient (Wildman–Crippen LogP) is 3.32. The van der Waals surface area contributed by atoms with Crippen molar-refractivity contribution in [3.05, 3.63) is 65.2 Å². The van der Waals surface area contributed by atoms with Crippen LogP contribution in [0.5, 0.6) is 0 Å². The average molecular weight is 393 g/mol. The first-order valence-corrected chi connectivity index (χ1v) is 10.8. The molecule has 29 heavy (non-hydrogen) atoms. The molecular formula is C24H32N4O. The summed E-state index contributed by atoms with van der Waals surface area (Å²) in [6, 6.07) is 16.9. The van der Waals surface area contributed by atoms with Gasteiger partial charge in [0.1, 0.15) is 0 Å². The van der Waals surface area contributed by atoms with Crippen LogP contribution in [0.15, 0.2) is 53.5 Å². The molecule has 2 aromatic rings. The van der Waals surface area contributed by atoms with E-state index < -0.39 is 5.60 Å². The molecule has 0 radical (unpaired) electrons. The van der Waals surface area contributed by atoms with Crippen LogP contribution < -0.4 is 11.1 Å². The fourth-order valence-electron chi connectivity index (χ4n) is 4.44. The minimum absolute atomic E-state index is 0.347. The first kappa shape index (κ1) is 19.9. The van der Waals surface area contributed by atoms with Gasteiger partial charge in [-0.15, -0.1) is 0 Å². The van der Waals surface area contributed by atoms with Crippen LogP contribution in [-0.2, 0) is 19.4 Å². The van der Waals surface area contributed by atoms with Crippen molar-refractivity contribution in [1.29, 1.82) is 0 Å². The number of hydrogen-bond donors (Lipinski definition) is 3. The Labute approximate surface area is 173 Å². The highest BCUT2D eigenvalue weighted by atomic mass is 16.3. The molecule has 5 heteroatoms. The normalized spacial score (nSPS) is 19.6. The van der Waals surface area contributed by atoms with Crippen LogP contribution in [0.1, 0.15) is 42.4 Å². The summed E-state index contributed by atoms with van der Waals surface area (Å²) in [6.45, 7) is 3.03. The highest BCUT2D eigenvalue weighted by molar-refractivity contribution is 5.93. The van der Waals surface area contributed by atoms with Gasteiger partial charge >= 0.3 is 0 Å². The minimum Gasteiger partial charge on any atom is -0.388 e. The summed E-state index contributed by atoms with van der Waals surface area (Å²) >= 11 is 0. The van der Waals surface area contributed by atoms with Gasteiger partial charge in [-0.2, -0.15) is 0 Å². The maximum atomic E-state index is 10.9. The molecule has 4 rings (SSSR count). The Morgan fingerprint density at radius 1 is 1.03 bits per heavy atom. The summed E-state index contributed by atoms with van der Waals surface area (Å²) in [6.07, 6.45) is 6.15. The summed E-state index contributed by atoms with van der Waals surface area (Å²) in [5.41, 5.74) is 10.6. The van der Waals surface area contributed by atoms with E-state index in [1.54, 1.807) is 0 Å². The second-order valence-electron chi connectivity index (χ2n) is 8.46. The molecule has 1 aliphatic heterocycles. The lowest BCUT2D eigenvalue weighted by Gasteiger charge is -2.37. The Kier molecular flexibility index (Phi) is 6.16. The zero-order chi connectivity index (χ0) is 20.1. The summed E-state index contributed by atoms with van der Waals surface area (Å²) in [7, 11) is 0. The van der Waals surface area contributed by atoms with Gasteiger partial charge in [0, 0.05) is 25.3 Å². The molecule has 0 unspecified atom stereocenters. The summed E-state index contributed by atoms with van der Waals surface area (Å²) in [5.74, 6) is 0.393. The fourth-order valence-corrected chi connectivity index (χ4v) is 4.44. The van der Waals surface area contributed by atoms with E-state index in [0.717, 1.165) is 51.0 Å². The van der Waals surface area contributed by atoms with E-state index in [0.29, 0.717) is 12.5 Å². The van der Waals surface area contributed by atoms with Gasteiger partial charge < -0.3 is 16.2 Å². The molecule has 5 nitrogen and oxygen atoms in total. The van der Waals surface area contributed by atoms with Crippen LogP contribution in [0.25, 0.3) is 0 Å². The molecule has 0 saturated carbocycles. The molecule has 154 valence electrons. The van der Waals surface area contributed by atoms with E-state index in [1.807, 2.05) is 6.07 Å². The lowest BCUT2D eigenvalue weighted by Crippen LogP contribution is -2.46. The van der Waals surface area contributed by atoms with Gasteiger partial charge in [-0.25, -0.2) is 0 Å². The number of aliphatic hydroxyl groups is 1. The first-order valence-electron chi connectivity index (χ1n) is 10.8. The Morgan fingerprint density at radius 3 is 2.59 bits per heavy atom. The Bertz CT molecular complexity index is 841. The number of piperidine rings is 1. The number of likely N-dealkylation sites (tertiary alicyclic amines) is 1. The number of benzene rings is 2. The van der Waals surface area contributed by atoms with E-state index in [-0.39, 0.29) is 0 Å². The third kappa shape index (κ3) is 5.17. The van der Waals surface area contributed by atoms with Crippen LogP contribution in [0.4, 0.5) is 5.69 Å². The van der Waals surface area contributed by atoms with E-state index in [4.69, 9.17) is 5.73 Å². The highest BCUT2D eigenvalue weighted by Crippen LogP contribution is 2.28. The first-order chi connectivity index (χ1) is 14.1. The molecule has 0 spiro atoms. The summed E-state index contributed by atoms with van der Waals surface area (Å²) in [4.78, 5) is 6.88. The smallest absolute Gasteiger partial charge is 0.193 e. The number of rotatable bonds is 5. The number of guanidine groups is 1. The quantitative estimate of drug-likeness (QED) is 0.539. The molecule has 1 saturated heterocycles. The van der Waals surface area contributed by atoms with Crippen LogP contribution in [0.3, 0.4) is 0 Å². The zero-order valence-electron chi connectivity index (χ0n) is 17.1. The molecule has 0 amide bonds. The molecule has 2 aliphatic rings. The fraction of sp³-hybridized carbons (Fsp3) is 0.458. The number of fused-ring (bicyclic) bond motifs is 1. The standard InChI is InChI=1S/C24H32N4O/c25-23(27-22-12-6-10-20-9-4-5-11-21(20)22)26-18-24(29)13-15-28(16-14-24)17-19-7-2-1-3-8-19/h1-3,6-8,10,12,29H,4-5,9,11,13-18H2,(H3,25,26,27). The summed E-state index contributed by atoms with van der Waals surface area (Å²) < 4.78 is 0. The molecule has 4 N–H and O–H groups in total. The van der Waals surface area contributed by atoms with E-state index in [1.165, 1.54) is 29.5 Å². The predicted molar refractivity (Wildman–Crippen MR) is 119 cm³/mol.